The molecule has 0 bridgehead atoms. The van der Waals surface area contributed by atoms with E-state index >= 15 is 0 Å². The molecule has 4 aromatic rings. The summed E-state index contributed by atoms with van der Waals surface area (Å²) in [6.07, 6.45) is -6.29. The fraction of sp³-hybridized carbons (Fsp3) is 0.258. The van der Waals surface area contributed by atoms with Crippen molar-refractivity contribution in [2.45, 2.75) is 32.5 Å². The molecule has 0 saturated heterocycles. The van der Waals surface area contributed by atoms with Crippen molar-refractivity contribution in [1.29, 1.82) is 0 Å². The number of nitrogens with one attached hydrogen (secondary N) is 2. The summed E-state index contributed by atoms with van der Waals surface area (Å²) >= 11 is 0. The molecule has 1 atom stereocenters. The molecule has 43 heavy (non-hydrogen) atoms. The molecule has 0 radical (unpaired) electrons. The molecule has 1 unspecified atom stereocenters. The molecule has 2 amide bonds. The molecule has 4 rings (SSSR count). The van der Waals surface area contributed by atoms with E-state index in [4.69, 9.17) is 9.52 Å². The number of alkyl halides is 3. The average Bonchev–Trinajstić information content (AvgIpc) is 3.34. The van der Waals surface area contributed by atoms with Crippen LogP contribution < -0.4 is 15.5 Å². The van der Waals surface area contributed by atoms with Crippen LogP contribution in [0.1, 0.15) is 41.0 Å². The first-order chi connectivity index (χ1) is 20.4. The normalized spacial score (nSPS) is 12.2. The molecular weight excluding hydrogens is 570 g/mol. The standard InChI is InChI=1S/C31H29F4N3O5/c1-4-38(5-2)23-15-24-22(27(30(42)36-3)28(43-24)17-9-11-20(32)12-10-17)14-21(23)18-7-6-8-19(13-18)29(41)37-25(16-26(39)40)31(33,34)35/h6-15,25H,4-5,16H2,1-3H3,(H,36,42)(H,37,41)(H,39,40). The highest BCUT2D eigenvalue weighted by atomic mass is 19.4. The van der Waals surface area contributed by atoms with Crippen molar-refractivity contribution in [3.05, 3.63) is 77.6 Å². The number of anilines is 1. The summed E-state index contributed by atoms with van der Waals surface area (Å²) in [6, 6.07) is 12.3. The van der Waals surface area contributed by atoms with Crippen molar-refractivity contribution in [2.75, 3.05) is 25.0 Å². The van der Waals surface area contributed by atoms with Gasteiger partial charge in [0.1, 0.15) is 23.2 Å². The van der Waals surface area contributed by atoms with E-state index in [1.54, 1.807) is 23.5 Å². The van der Waals surface area contributed by atoms with Gasteiger partial charge in [0, 0.05) is 54.0 Å². The molecule has 8 nitrogen and oxygen atoms in total. The Morgan fingerprint density at radius 3 is 2.21 bits per heavy atom. The summed E-state index contributed by atoms with van der Waals surface area (Å²) in [5.74, 6) is -3.49. The first-order valence-electron chi connectivity index (χ1n) is 13.4. The molecule has 0 saturated carbocycles. The Bertz CT molecular complexity index is 1660. The first kappa shape index (κ1) is 31.1. The van der Waals surface area contributed by atoms with E-state index in [2.05, 4.69) is 5.32 Å². The minimum absolute atomic E-state index is 0.117. The predicted molar refractivity (Wildman–Crippen MR) is 154 cm³/mol. The van der Waals surface area contributed by atoms with Crippen molar-refractivity contribution >= 4 is 34.4 Å². The molecule has 1 heterocycles. The number of benzene rings is 3. The number of carbonyl (C=O) groups excluding carboxylic acids is 2. The number of amides is 2. The van der Waals surface area contributed by atoms with Crippen LogP contribution in [0.15, 0.2) is 65.1 Å². The number of carbonyl (C=O) groups is 3. The summed E-state index contributed by atoms with van der Waals surface area (Å²) in [5, 5.41) is 13.7. The number of halogens is 4. The fourth-order valence-corrected chi connectivity index (χ4v) is 4.84. The number of carboxylic acid groups (broad SMARTS) is 1. The van der Waals surface area contributed by atoms with Crippen LogP contribution in [0, 0.1) is 5.82 Å². The van der Waals surface area contributed by atoms with E-state index in [1.165, 1.54) is 49.5 Å². The number of aliphatic carboxylic acids is 1. The van der Waals surface area contributed by atoms with E-state index in [0.717, 1.165) is 0 Å². The van der Waals surface area contributed by atoms with Gasteiger partial charge in [0.15, 0.2) is 0 Å². The summed E-state index contributed by atoms with van der Waals surface area (Å²) in [7, 11) is 1.46. The molecule has 3 N–H and O–H groups in total. The third-order valence-electron chi connectivity index (χ3n) is 6.99. The van der Waals surface area contributed by atoms with Gasteiger partial charge in [-0.15, -0.1) is 0 Å². The van der Waals surface area contributed by atoms with Crippen LogP contribution in [-0.4, -0.2) is 55.2 Å². The Labute approximate surface area is 244 Å². The van der Waals surface area contributed by atoms with Crippen LogP contribution in [0.3, 0.4) is 0 Å². The number of rotatable bonds is 10. The summed E-state index contributed by atoms with van der Waals surface area (Å²) in [5.41, 5.74) is 2.64. The van der Waals surface area contributed by atoms with Gasteiger partial charge in [0.25, 0.3) is 11.8 Å². The molecule has 1 aromatic heterocycles. The zero-order valence-corrected chi connectivity index (χ0v) is 23.5. The Balaban J connectivity index is 1.89. The van der Waals surface area contributed by atoms with Gasteiger partial charge in [-0.1, -0.05) is 12.1 Å². The maximum absolute atomic E-state index is 13.6. The van der Waals surface area contributed by atoms with Gasteiger partial charge in [-0.05, 0) is 61.9 Å². The maximum Gasteiger partial charge on any atom is 0.409 e. The van der Waals surface area contributed by atoms with E-state index in [1.807, 2.05) is 18.7 Å². The van der Waals surface area contributed by atoms with Crippen LogP contribution in [0.25, 0.3) is 33.4 Å². The molecular formula is C31H29F4N3O5. The van der Waals surface area contributed by atoms with Gasteiger partial charge in [-0.25, -0.2) is 4.39 Å². The van der Waals surface area contributed by atoms with Crippen molar-refractivity contribution in [2.24, 2.45) is 0 Å². The number of nitrogens with zero attached hydrogens (tertiary/aromatic N) is 1. The van der Waals surface area contributed by atoms with E-state index in [9.17, 15) is 31.9 Å². The second-order valence-electron chi connectivity index (χ2n) is 9.68. The Morgan fingerprint density at radius 2 is 1.63 bits per heavy atom. The second-order valence-corrected chi connectivity index (χ2v) is 9.68. The first-order valence-corrected chi connectivity index (χ1v) is 13.4. The highest BCUT2D eigenvalue weighted by Gasteiger charge is 2.42. The van der Waals surface area contributed by atoms with Crippen molar-refractivity contribution in [3.63, 3.8) is 0 Å². The van der Waals surface area contributed by atoms with Gasteiger partial charge in [0.2, 0.25) is 0 Å². The van der Waals surface area contributed by atoms with Crippen molar-refractivity contribution in [1.82, 2.24) is 10.6 Å². The Kier molecular flexibility index (Phi) is 9.07. The lowest BCUT2D eigenvalue weighted by Crippen LogP contribution is -2.46. The summed E-state index contributed by atoms with van der Waals surface area (Å²) in [4.78, 5) is 38.9. The quantitative estimate of drug-likeness (QED) is 0.186. The number of hydrogen-bond donors (Lipinski definition) is 3. The highest BCUT2D eigenvalue weighted by Crippen LogP contribution is 2.41. The SMILES string of the molecule is CCN(CC)c1cc2oc(-c3ccc(F)cc3)c(C(=O)NC)c2cc1-c1cccc(C(=O)NC(CC(=O)O)C(F)(F)F)c1. The molecule has 12 heteroatoms. The fourth-order valence-electron chi connectivity index (χ4n) is 4.84. The Morgan fingerprint density at radius 1 is 0.953 bits per heavy atom. The largest absolute Gasteiger partial charge is 0.481 e. The van der Waals surface area contributed by atoms with Crippen molar-refractivity contribution < 1.29 is 41.5 Å². The molecule has 0 spiro atoms. The van der Waals surface area contributed by atoms with Gasteiger partial charge >= 0.3 is 12.1 Å². The molecule has 0 fully saturated rings. The minimum atomic E-state index is -4.97. The third kappa shape index (κ3) is 6.63. The maximum atomic E-state index is 13.6. The van der Waals surface area contributed by atoms with Gasteiger partial charge < -0.3 is 25.1 Å². The zero-order chi connectivity index (χ0) is 31.5. The molecule has 3 aromatic carbocycles. The van der Waals surface area contributed by atoms with E-state index < -0.39 is 42.2 Å². The van der Waals surface area contributed by atoms with Crippen molar-refractivity contribution in [3.8, 4) is 22.5 Å². The number of hydrogen-bond acceptors (Lipinski definition) is 5. The lowest BCUT2D eigenvalue weighted by molar-refractivity contribution is -0.165. The summed E-state index contributed by atoms with van der Waals surface area (Å²) < 4.78 is 60.0. The van der Waals surface area contributed by atoms with E-state index in [-0.39, 0.29) is 16.9 Å². The molecule has 0 aliphatic heterocycles. The third-order valence-corrected chi connectivity index (χ3v) is 6.99. The topological polar surface area (TPSA) is 112 Å². The number of carboxylic acids is 1. The van der Waals surface area contributed by atoms with Gasteiger partial charge in [0.05, 0.1) is 12.0 Å². The van der Waals surface area contributed by atoms with Crippen LogP contribution in [0.4, 0.5) is 23.2 Å². The average molecular weight is 600 g/mol. The lowest BCUT2D eigenvalue weighted by Gasteiger charge is -2.25. The Hall–Kier alpha value is -4.87. The van der Waals surface area contributed by atoms with Crippen LogP contribution in [-0.2, 0) is 4.79 Å². The predicted octanol–water partition coefficient (Wildman–Crippen LogP) is 6.25. The zero-order valence-electron chi connectivity index (χ0n) is 23.5. The van der Waals surface area contributed by atoms with Crippen LogP contribution in [0.2, 0.25) is 0 Å². The smallest absolute Gasteiger partial charge is 0.409 e. The van der Waals surface area contributed by atoms with Crippen LogP contribution in [0.5, 0.6) is 0 Å². The molecule has 0 aliphatic rings. The van der Waals surface area contributed by atoms with E-state index in [0.29, 0.717) is 46.4 Å². The highest BCUT2D eigenvalue weighted by molar-refractivity contribution is 6.13. The van der Waals surface area contributed by atoms with Gasteiger partial charge in [-0.2, -0.15) is 13.2 Å². The minimum Gasteiger partial charge on any atom is -0.481 e. The van der Waals surface area contributed by atoms with Gasteiger partial charge in [-0.3, -0.25) is 14.4 Å². The molecule has 0 aliphatic carbocycles. The lowest BCUT2D eigenvalue weighted by atomic mass is 9.96. The number of furan rings is 1. The monoisotopic (exact) mass is 599 g/mol. The second kappa shape index (κ2) is 12.6. The number of fused-ring (bicyclic) bond motifs is 1. The molecule has 226 valence electrons. The summed E-state index contributed by atoms with van der Waals surface area (Å²) in [6.45, 7) is 5.02. The van der Waals surface area contributed by atoms with Crippen LogP contribution >= 0.6 is 0 Å².